The first-order valence-corrected chi connectivity index (χ1v) is 15.9. The topological polar surface area (TPSA) is 132 Å². The van der Waals surface area contributed by atoms with Crippen LogP contribution in [0.15, 0.2) is 60.8 Å². The van der Waals surface area contributed by atoms with Gasteiger partial charge in [-0.15, -0.1) is 0 Å². The molecule has 1 aliphatic carbocycles. The van der Waals surface area contributed by atoms with E-state index in [1.54, 1.807) is 13.3 Å². The molecular weight excluding hydrogens is 568 g/mol. The second kappa shape index (κ2) is 10.7. The van der Waals surface area contributed by atoms with Gasteiger partial charge in [-0.05, 0) is 73.6 Å². The maximum absolute atomic E-state index is 13.9. The Balaban J connectivity index is 1.32. The second-order valence-corrected chi connectivity index (χ2v) is 13.0. The lowest BCUT2D eigenvalue weighted by molar-refractivity contribution is 0.0119. The average molecular weight is 607 g/mol. The van der Waals surface area contributed by atoms with Crippen LogP contribution < -0.4 is 10.5 Å². The van der Waals surface area contributed by atoms with E-state index in [0.29, 0.717) is 55.0 Å². The van der Waals surface area contributed by atoms with Gasteiger partial charge in [-0.3, -0.25) is 4.79 Å². The number of piperidine rings is 1. The van der Waals surface area contributed by atoms with E-state index >= 15 is 0 Å². The number of hydrogen-bond acceptors (Lipinski definition) is 7. The van der Waals surface area contributed by atoms with E-state index in [1.165, 1.54) is 0 Å². The Kier molecular flexibility index (Phi) is 6.70. The number of ether oxygens (including phenoxy) is 1. The van der Waals surface area contributed by atoms with Gasteiger partial charge in [-0.25, -0.2) is 9.97 Å². The van der Waals surface area contributed by atoms with E-state index in [4.69, 9.17) is 20.4 Å². The predicted octanol–water partition coefficient (Wildman–Crippen LogP) is 4.25. The van der Waals surface area contributed by atoms with E-state index in [9.17, 15) is 15.0 Å². The van der Waals surface area contributed by atoms with Gasteiger partial charge >= 0.3 is 0 Å². The molecule has 4 atom stereocenters. The van der Waals surface area contributed by atoms with Crippen molar-refractivity contribution in [3.63, 3.8) is 0 Å². The summed E-state index contributed by atoms with van der Waals surface area (Å²) in [7, 11) is 1.63. The summed E-state index contributed by atoms with van der Waals surface area (Å²) in [6.45, 7) is 2.43. The second-order valence-electron chi connectivity index (χ2n) is 13.0. The number of pyridine rings is 1. The molecule has 8 rings (SSSR count). The normalized spacial score (nSPS) is 24.6. The molecule has 0 radical (unpaired) electrons. The third-order valence-corrected chi connectivity index (χ3v) is 10.3. The van der Waals surface area contributed by atoms with E-state index < -0.39 is 12.2 Å². The van der Waals surface area contributed by atoms with Crippen molar-refractivity contribution in [1.82, 2.24) is 24.0 Å². The molecule has 10 heteroatoms. The minimum Gasteiger partial charge on any atom is -0.494 e. The summed E-state index contributed by atoms with van der Waals surface area (Å²) in [5, 5.41) is 22.8. The molecule has 1 saturated heterocycles. The van der Waals surface area contributed by atoms with Gasteiger partial charge in [-0.2, -0.15) is 0 Å². The monoisotopic (exact) mass is 606 g/mol. The molecule has 4 N–H and O–H groups in total. The number of aliphatic hydroxyl groups is 2. The molecule has 3 aliphatic rings. The summed E-state index contributed by atoms with van der Waals surface area (Å²) >= 11 is 0. The van der Waals surface area contributed by atoms with E-state index in [2.05, 4.69) is 21.3 Å². The lowest BCUT2D eigenvalue weighted by Crippen LogP contribution is -2.31. The maximum atomic E-state index is 13.9. The molecule has 1 amide bonds. The quantitative estimate of drug-likeness (QED) is 0.280. The van der Waals surface area contributed by atoms with Crippen molar-refractivity contribution in [3.8, 4) is 17.3 Å². The zero-order chi connectivity index (χ0) is 30.9. The first-order valence-electron chi connectivity index (χ1n) is 15.9. The van der Waals surface area contributed by atoms with Crippen LogP contribution in [-0.2, 0) is 13.1 Å². The third kappa shape index (κ3) is 4.54. The lowest BCUT2D eigenvalue weighted by atomic mass is 9.98. The smallest absolute Gasteiger partial charge is 0.254 e. The number of aryl methyl sites for hydroxylation is 1. The number of benzene rings is 2. The molecule has 0 spiro atoms. The summed E-state index contributed by atoms with van der Waals surface area (Å²) in [4.78, 5) is 25.8. The summed E-state index contributed by atoms with van der Waals surface area (Å²) in [6, 6.07) is 17.8. The maximum Gasteiger partial charge on any atom is 0.254 e. The van der Waals surface area contributed by atoms with Crippen LogP contribution in [0.3, 0.4) is 0 Å². The third-order valence-electron chi connectivity index (χ3n) is 10.3. The minimum atomic E-state index is -0.977. The highest BCUT2D eigenvalue weighted by atomic mass is 16.5. The Bertz CT molecular complexity index is 1950. The molecule has 5 heterocycles. The minimum absolute atomic E-state index is 0.0129. The fourth-order valence-electron chi connectivity index (χ4n) is 7.68. The molecule has 2 fully saturated rings. The molecule has 232 valence electrons. The van der Waals surface area contributed by atoms with Crippen LogP contribution in [0, 0.1) is 5.41 Å². The highest BCUT2D eigenvalue weighted by molar-refractivity contribution is 6.00. The molecule has 2 bridgehead atoms. The molecule has 2 aliphatic heterocycles. The summed E-state index contributed by atoms with van der Waals surface area (Å²) < 4.78 is 10.3. The number of methoxy groups -OCH3 is 1. The van der Waals surface area contributed by atoms with Gasteiger partial charge in [0.1, 0.15) is 23.0 Å². The molecular formula is C35H38N6O4. The van der Waals surface area contributed by atoms with Crippen molar-refractivity contribution in [3.05, 3.63) is 77.5 Å². The van der Waals surface area contributed by atoms with Crippen LogP contribution in [0.25, 0.3) is 33.6 Å². The summed E-state index contributed by atoms with van der Waals surface area (Å²) in [5.74, 6) is 1.31. The van der Waals surface area contributed by atoms with E-state index in [1.807, 2.05) is 47.4 Å². The number of imidazole rings is 1. The van der Waals surface area contributed by atoms with Crippen molar-refractivity contribution in [1.29, 1.82) is 0 Å². The number of hydrogen-bond donors (Lipinski definition) is 3. The molecule has 0 unspecified atom stereocenters. The first kappa shape index (κ1) is 28.2. The van der Waals surface area contributed by atoms with Crippen LogP contribution in [-0.4, -0.2) is 72.5 Å². The van der Waals surface area contributed by atoms with Crippen LogP contribution in [0.1, 0.15) is 59.7 Å². The number of amides is 1. The van der Waals surface area contributed by atoms with Crippen molar-refractivity contribution in [2.24, 2.45) is 11.1 Å². The zero-order valence-electron chi connectivity index (χ0n) is 25.4. The summed E-state index contributed by atoms with van der Waals surface area (Å²) in [5.41, 5.74) is 11.6. The SMILES string of the molecule is COc1cc(C(=O)N2CC[C@@]3(CN)C[C@@H]23)cc2nc3n(c12)Cc1cccc(c1)[C@H](O)[C@H](O)CCCCn1c-3cc2cccnc21. The molecule has 3 aromatic heterocycles. The van der Waals surface area contributed by atoms with Crippen LogP contribution >= 0.6 is 0 Å². The van der Waals surface area contributed by atoms with Gasteiger partial charge in [0.05, 0.1) is 24.4 Å². The van der Waals surface area contributed by atoms with Gasteiger partial charge in [0.15, 0.2) is 5.82 Å². The average Bonchev–Trinajstić information content (AvgIpc) is 3.31. The standard InChI is InChI=1S/C35H38N6O4/c1-45-28-17-24(34(44)40-13-10-35(20-36)18-29(35)40)15-25-30(28)41-19-21-6-4-7-22(14-21)31(43)27(42)9-2-3-12-39-26(33(41)38-25)16-23-8-5-11-37-32(23)39/h4-8,11,14-17,27,29,31,42-43H,2-3,9-10,12-13,18-20,36H2,1H3/t27-,29-,31+,35+/m1/s1. The Morgan fingerprint density at radius 1 is 1.09 bits per heavy atom. The highest BCUT2D eigenvalue weighted by Crippen LogP contribution is 2.56. The summed E-state index contributed by atoms with van der Waals surface area (Å²) in [6.07, 6.45) is 3.90. The van der Waals surface area contributed by atoms with Gasteiger partial charge in [0, 0.05) is 54.8 Å². The van der Waals surface area contributed by atoms with Gasteiger partial charge in [-0.1, -0.05) is 24.3 Å². The van der Waals surface area contributed by atoms with E-state index in [0.717, 1.165) is 59.3 Å². The predicted molar refractivity (Wildman–Crippen MR) is 171 cm³/mol. The van der Waals surface area contributed by atoms with Crippen molar-refractivity contribution in [2.75, 3.05) is 20.2 Å². The Hall–Kier alpha value is -4.25. The number of rotatable bonds is 3. The number of aromatic nitrogens is 4. The Morgan fingerprint density at radius 3 is 2.78 bits per heavy atom. The molecule has 5 aromatic rings. The number of nitrogens with two attached hydrogens (primary N) is 1. The molecule has 1 saturated carbocycles. The van der Waals surface area contributed by atoms with Crippen molar-refractivity contribution < 1.29 is 19.7 Å². The number of carbonyl (C=O) groups is 1. The lowest BCUT2D eigenvalue weighted by Gasteiger charge is -2.21. The van der Waals surface area contributed by atoms with Gasteiger partial charge in [0.2, 0.25) is 0 Å². The van der Waals surface area contributed by atoms with Crippen LogP contribution in [0.5, 0.6) is 5.75 Å². The number of likely N-dealkylation sites (tertiary alicyclic amines) is 1. The first-order chi connectivity index (χ1) is 21.9. The molecule has 45 heavy (non-hydrogen) atoms. The Morgan fingerprint density at radius 2 is 1.98 bits per heavy atom. The number of fused-ring (bicyclic) bond motifs is 10. The Labute approximate surface area is 261 Å². The van der Waals surface area contributed by atoms with Crippen molar-refractivity contribution >= 4 is 28.0 Å². The van der Waals surface area contributed by atoms with Gasteiger partial charge < -0.3 is 34.7 Å². The fraction of sp³-hybridized carbons (Fsp3) is 0.400. The number of carbonyl (C=O) groups excluding carboxylic acids is 1. The molecule has 2 aromatic carbocycles. The van der Waals surface area contributed by atoms with Crippen LogP contribution in [0.4, 0.5) is 0 Å². The van der Waals surface area contributed by atoms with Crippen LogP contribution in [0.2, 0.25) is 0 Å². The highest BCUT2D eigenvalue weighted by Gasteiger charge is 2.61. The van der Waals surface area contributed by atoms with Gasteiger partial charge in [0.25, 0.3) is 5.91 Å². The molecule has 10 nitrogen and oxygen atoms in total. The number of nitrogens with zero attached hydrogens (tertiary/aromatic N) is 5. The fourth-order valence-corrected chi connectivity index (χ4v) is 7.68. The van der Waals surface area contributed by atoms with E-state index in [-0.39, 0.29) is 17.4 Å². The largest absolute Gasteiger partial charge is 0.494 e. The number of aliphatic hydroxyl groups excluding tert-OH is 2. The zero-order valence-corrected chi connectivity index (χ0v) is 25.4. The van der Waals surface area contributed by atoms with Crippen molar-refractivity contribution in [2.45, 2.75) is 63.4 Å².